The van der Waals surface area contributed by atoms with Gasteiger partial charge in [0.2, 0.25) is 0 Å². The predicted octanol–water partition coefficient (Wildman–Crippen LogP) is 0.206. The van der Waals surface area contributed by atoms with Crippen molar-refractivity contribution in [3.05, 3.63) is 35.9 Å². The zero-order chi connectivity index (χ0) is 7.23. The quantitative estimate of drug-likeness (QED) is 0.556. The van der Waals surface area contributed by atoms with Crippen LogP contribution in [0.2, 0.25) is 0 Å². The summed E-state index contributed by atoms with van der Waals surface area (Å²) < 4.78 is 0. The van der Waals surface area contributed by atoms with Gasteiger partial charge in [0.05, 0.1) is 0 Å². The fourth-order valence-electron chi connectivity index (χ4n) is 0.769. The van der Waals surface area contributed by atoms with Crippen LogP contribution in [0.25, 0.3) is 0 Å². The van der Waals surface area contributed by atoms with Gasteiger partial charge in [0.25, 0.3) is 0 Å². The Bertz CT molecular complexity index is 201. The Labute approximate surface area is 61.4 Å². The average molecular weight is 134 g/mol. The van der Waals surface area contributed by atoms with Crippen molar-refractivity contribution in [1.29, 1.82) is 0 Å². The Hall–Kier alpha value is -1.11. The number of hydrogen-bond acceptors (Lipinski definition) is 0. The van der Waals surface area contributed by atoms with Crippen LogP contribution in [-0.2, 0) is 0 Å². The first-order valence-corrected chi connectivity index (χ1v) is 3.55. The highest BCUT2D eigenvalue weighted by atomic mass is 14.7. The van der Waals surface area contributed by atoms with E-state index in [1.54, 1.807) is 0 Å². The van der Waals surface area contributed by atoms with E-state index in [2.05, 4.69) is 24.0 Å². The number of rotatable bonds is 2. The van der Waals surface area contributed by atoms with Gasteiger partial charge in [-0.2, -0.15) is 0 Å². The molecular weight excluding hydrogens is 122 g/mol. The lowest BCUT2D eigenvalue weighted by atomic mass is 10.2. The SMILES string of the molecule is CC[NH+]=Cc1ccccc1. The van der Waals surface area contributed by atoms with E-state index in [9.17, 15) is 0 Å². The van der Waals surface area contributed by atoms with E-state index in [1.807, 2.05) is 24.4 Å². The zero-order valence-corrected chi connectivity index (χ0v) is 6.17. The number of hydrogen-bond donors (Lipinski definition) is 1. The highest BCUT2D eigenvalue weighted by Crippen LogP contribution is 1.90. The Morgan fingerprint density at radius 3 is 2.60 bits per heavy atom. The molecular formula is C9H12N+. The second-order valence-electron chi connectivity index (χ2n) is 2.11. The molecule has 0 radical (unpaired) electrons. The molecule has 0 saturated carbocycles. The molecule has 0 amide bonds. The minimum atomic E-state index is 0.981. The van der Waals surface area contributed by atoms with Crippen molar-refractivity contribution in [2.24, 2.45) is 0 Å². The minimum Gasteiger partial charge on any atom is -0.248 e. The summed E-state index contributed by atoms with van der Waals surface area (Å²) in [5.74, 6) is 0. The van der Waals surface area contributed by atoms with Gasteiger partial charge in [0, 0.05) is 5.56 Å². The van der Waals surface area contributed by atoms with Gasteiger partial charge in [-0.1, -0.05) is 18.2 Å². The first kappa shape index (κ1) is 7.00. The van der Waals surface area contributed by atoms with Crippen molar-refractivity contribution in [3.63, 3.8) is 0 Å². The van der Waals surface area contributed by atoms with Crippen LogP contribution in [0.3, 0.4) is 0 Å². The summed E-state index contributed by atoms with van der Waals surface area (Å²) in [6.07, 6.45) is 2.01. The fraction of sp³-hybridized carbons (Fsp3) is 0.222. The molecule has 1 N–H and O–H groups in total. The highest BCUT2D eigenvalue weighted by Gasteiger charge is 1.84. The predicted molar refractivity (Wildman–Crippen MR) is 43.1 cm³/mol. The molecule has 52 valence electrons. The maximum absolute atomic E-state index is 3.14. The fourth-order valence-corrected chi connectivity index (χ4v) is 0.769. The Balaban J connectivity index is 2.67. The lowest BCUT2D eigenvalue weighted by Gasteiger charge is -1.83. The molecule has 0 spiro atoms. The molecule has 1 aromatic carbocycles. The molecule has 1 heteroatoms. The van der Waals surface area contributed by atoms with E-state index in [0.29, 0.717) is 0 Å². The van der Waals surface area contributed by atoms with Crippen molar-refractivity contribution in [1.82, 2.24) is 0 Å². The van der Waals surface area contributed by atoms with Crippen molar-refractivity contribution in [2.75, 3.05) is 6.54 Å². The lowest BCUT2D eigenvalue weighted by molar-refractivity contribution is -0.446. The minimum absolute atomic E-state index is 0.981. The summed E-state index contributed by atoms with van der Waals surface area (Å²) in [4.78, 5) is 3.14. The Morgan fingerprint density at radius 2 is 2.00 bits per heavy atom. The van der Waals surface area contributed by atoms with Crippen LogP contribution in [0, 0.1) is 0 Å². The molecule has 0 saturated heterocycles. The maximum Gasteiger partial charge on any atom is 0.169 e. The van der Waals surface area contributed by atoms with Gasteiger partial charge in [0.15, 0.2) is 6.21 Å². The van der Waals surface area contributed by atoms with Gasteiger partial charge in [0.1, 0.15) is 6.54 Å². The third-order valence-corrected chi connectivity index (χ3v) is 1.27. The van der Waals surface area contributed by atoms with E-state index < -0.39 is 0 Å². The van der Waals surface area contributed by atoms with Crippen LogP contribution in [0.5, 0.6) is 0 Å². The van der Waals surface area contributed by atoms with Crippen LogP contribution in [0.4, 0.5) is 0 Å². The monoisotopic (exact) mass is 134 g/mol. The summed E-state index contributed by atoms with van der Waals surface area (Å²) in [6, 6.07) is 10.2. The van der Waals surface area contributed by atoms with Crippen LogP contribution < -0.4 is 4.99 Å². The molecule has 1 aromatic rings. The standard InChI is InChI=1S/C9H11N/c1-2-10-8-9-6-4-3-5-7-9/h3-8H,2H2,1H3/p+1. The first-order chi connectivity index (χ1) is 4.93. The summed E-state index contributed by atoms with van der Waals surface area (Å²) in [7, 11) is 0. The summed E-state index contributed by atoms with van der Waals surface area (Å²) in [6.45, 7) is 3.06. The van der Waals surface area contributed by atoms with Crippen LogP contribution in [0.1, 0.15) is 12.5 Å². The summed E-state index contributed by atoms with van der Waals surface area (Å²) in [5.41, 5.74) is 1.23. The molecule has 0 heterocycles. The number of benzene rings is 1. The van der Waals surface area contributed by atoms with Gasteiger partial charge in [-0.15, -0.1) is 0 Å². The molecule has 1 nitrogen and oxygen atoms in total. The molecule has 0 unspecified atom stereocenters. The Kier molecular flexibility index (Phi) is 2.68. The molecule has 0 aliphatic carbocycles. The van der Waals surface area contributed by atoms with Gasteiger partial charge in [-0.05, 0) is 19.1 Å². The van der Waals surface area contributed by atoms with E-state index in [0.717, 1.165) is 6.54 Å². The molecule has 0 bridgehead atoms. The van der Waals surface area contributed by atoms with Crippen molar-refractivity contribution >= 4 is 6.21 Å². The zero-order valence-electron chi connectivity index (χ0n) is 6.17. The van der Waals surface area contributed by atoms with E-state index >= 15 is 0 Å². The maximum atomic E-state index is 3.14. The van der Waals surface area contributed by atoms with Crippen LogP contribution in [-0.4, -0.2) is 12.8 Å². The van der Waals surface area contributed by atoms with E-state index in [-0.39, 0.29) is 0 Å². The highest BCUT2D eigenvalue weighted by molar-refractivity contribution is 5.74. The smallest absolute Gasteiger partial charge is 0.169 e. The van der Waals surface area contributed by atoms with Crippen LogP contribution >= 0.6 is 0 Å². The average Bonchev–Trinajstić information content (AvgIpc) is 2.03. The molecule has 10 heavy (non-hydrogen) atoms. The lowest BCUT2D eigenvalue weighted by Crippen LogP contribution is -2.68. The Morgan fingerprint density at radius 1 is 1.30 bits per heavy atom. The van der Waals surface area contributed by atoms with Gasteiger partial charge in [-0.3, -0.25) is 0 Å². The first-order valence-electron chi connectivity index (χ1n) is 3.55. The van der Waals surface area contributed by atoms with Crippen molar-refractivity contribution in [2.45, 2.75) is 6.92 Å². The molecule has 0 fully saturated rings. The van der Waals surface area contributed by atoms with Crippen molar-refractivity contribution in [3.8, 4) is 0 Å². The summed E-state index contributed by atoms with van der Waals surface area (Å²) in [5, 5.41) is 0. The summed E-state index contributed by atoms with van der Waals surface area (Å²) >= 11 is 0. The molecule has 1 rings (SSSR count). The number of nitrogens with one attached hydrogen (secondary N) is 1. The van der Waals surface area contributed by atoms with E-state index in [1.165, 1.54) is 5.56 Å². The molecule has 0 aromatic heterocycles. The van der Waals surface area contributed by atoms with E-state index in [4.69, 9.17) is 0 Å². The molecule has 0 aliphatic heterocycles. The largest absolute Gasteiger partial charge is 0.248 e. The second kappa shape index (κ2) is 3.83. The van der Waals surface area contributed by atoms with Crippen molar-refractivity contribution < 1.29 is 4.99 Å². The van der Waals surface area contributed by atoms with Gasteiger partial charge >= 0.3 is 0 Å². The molecule has 0 atom stereocenters. The topological polar surface area (TPSA) is 14.0 Å². The normalized spacial score (nSPS) is 10.5. The second-order valence-corrected chi connectivity index (χ2v) is 2.11. The van der Waals surface area contributed by atoms with Gasteiger partial charge in [-0.25, -0.2) is 4.99 Å². The molecule has 0 aliphatic rings. The van der Waals surface area contributed by atoms with Gasteiger partial charge < -0.3 is 0 Å². The third kappa shape index (κ3) is 2.02. The third-order valence-electron chi connectivity index (χ3n) is 1.27. The van der Waals surface area contributed by atoms with Crippen LogP contribution in [0.15, 0.2) is 30.3 Å².